The Morgan fingerprint density at radius 2 is 2.31 bits per heavy atom. The van der Waals surface area contributed by atoms with Gasteiger partial charge in [0.05, 0.1) is 5.69 Å². The number of rotatable bonds is 1. The van der Waals surface area contributed by atoms with Gasteiger partial charge < -0.3 is 5.73 Å². The van der Waals surface area contributed by atoms with Gasteiger partial charge in [-0.2, -0.15) is 0 Å². The van der Waals surface area contributed by atoms with Crippen LogP contribution in [0.15, 0.2) is 6.20 Å². The first kappa shape index (κ1) is 8.25. The maximum Gasteiger partial charge on any atom is 0.267 e. The van der Waals surface area contributed by atoms with E-state index in [1.165, 1.54) is 0 Å². The molecular weight excluding hydrogens is 186 g/mol. The van der Waals surface area contributed by atoms with Crippen molar-refractivity contribution < 1.29 is 4.79 Å². The van der Waals surface area contributed by atoms with E-state index in [1.54, 1.807) is 22.7 Å². The molecule has 68 valence electrons. The van der Waals surface area contributed by atoms with Crippen LogP contribution in [-0.2, 0) is 0 Å². The largest absolute Gasteiger partial charge is 0.364 e. The molecule has 2 heterocycles. The molecule has 1 amide bonds. The summed E-state index contributed by atoms with van der Waals surface area (Å²) in [7, 11) is 0. The maximum absolute atomic E-state index is 11.1. The molecule has 0 aliphatic rings. The maximum atomic E-state index is 11.1. The minimum absolute atomic E-state index is 0.428. The van der Waals surface area contributed by atoms with Gasteiger partial charge in [-0.25, -0.2) is 4.98 Å². The van der Waals surface area contributed by atoms with Gasteiger partial charge in [0.1, 0.15) is 5.69 Å². The molecule has 0 aliphatic carbocycles. The molecule has 4 nitrogen and oxygen atoms in total. The second-order valence-corrected chi connectivity index (χ2v) is 4.12. The molecular formula is C8H9N3OS. The molecule has 0 aromatic carbocycles. The minimum Gasteiger partial charge on any atom is -0.364 e. The van der Waals surface area contributed by atoms with Gasteiger partial charge in [-0.05, 0) is 13.8 Å². The summed E-state index contributed by atoms with van der Waals surface area (Å²) < 4.78 is 1.75. The fraction of sp³-hybridized carbons (Fsp3) is 0.250. The molecule has 2 rings (SSSR count). The van der Waals surface area contributed by atoms with Crippen molar-refractivity contribution in [3.05, 3.63) is 22.5 Å². The molecule has 5 heteroatoms. The van der Waals surface area contributed by atoms with Crippen LogP contribution >= 0.6 is 11.3 Å². The molecule has 0 bridgehead atoms. The fourth-order valence-electron chi connectivity index (χ4n) is 1.36. The molecule has 0 spiro atoms. The highest BCUT2D eigenvalue weighted by Gasteiger charge is 2.14. The van der Waals surface area contributed by atoms with E-state index in [2.05, 4.69) is 4.98 Å². The Morgan fingerprint density at radius 1 is 1.62 bits per heavy atom. The van der Waals surface area contributed by atoms with Crippen LogP contribution in [0.2, 0.25) is 0 Å². The average molecular weight is 195 g/mol. The number of nitrogens with zero attached hydrogens (tertiary/aromatic N) is 2. The topological polar surface area (TPSA) is 60.4 Å². The molecule has 13 heavy (non-hydrogen) atoms. The molecule has 0 fully saturated rings. The van der Waals surface area contributed by atoms with Gasteiger partial charge in [-0.15, -0.1) is 11.3 Å². The van der Waals surface area contributed by atoms with Gasteiger partial charge in [-0.1, -0.05) is 0 Å². The first-order valence-corrected chi connectivity index (χ1v) is 4.66. The Bertz CT molecular complexity index is 483. The number of primary amides is 1. The second-order valence-electron chi connectivity index (χ2n) is 2.90. The third-order valence-corrected chi connectivity index (χ3v) is 2.75. The first-order valence-electron chi connectivity index (χ1n) is 3.84. The van der Waals surface area contributed by atoms with E-state index in [9.17, 15) is 4.79 Å². The Kier molecular flexibility index (Phi) is 1.63. The van der Waals surface area contributed by atoms with Crippen molar-refractivity contribution in [2.45, 2.75) is 13.8 Å². The number of aryl methyl sites for hydroxylation is 2. The van der Waals surface area contributed by atoms with Crippen LogP contribution in [0.5, 0.6) is 0 Å². The first-order chi connectivity index (χ1) is 6.09. The van der Waals surface area contributed by atoms with Crippen LogP contribution < -0.4 is 5.73 Å². The van der Waals surface area contributed by atoms with Crippen molar-refractivity contribution in [1.82, 2.24) is 9.38 Å². The quantitative estimate of drug-likeness (QED) is 0.741. The van der Waals surface area contributed by atoms with Crippen molar-refractivity contribution in [1.29, 1.82) is 0 Å². The number of thiazole rings is 1. The van der Waals surface area contributed by atoms with E-state index in [-0.39, 0.29) is 0 Å². The smallest absolute Gasteiger partial charge is 0.267 e. The molecule has 0 radical (unpaired) electrons. The predicted octanol–water partition coefficient (Wildman–Crippen LogP) is 1.11. The predicted molar refractivity (Wildman–Crippen MR) is 51.1 cm³/mol. The average Bonchev–Trinajstić information content (AvgIpc) is 2.41. The van der Waals surface area contributed by atoms with Gasteiger partial charge >= 0.3 is 0 Å². The number of hydrogen-bond acceptors (Lipinski definition) is 3. The van der Waals surface area contributed by atoms with E-state index < -0.39 is 5.91 Å². The van der Waals surface area contributed by atoms with E-state index in [0.29, 0.717) is 11.4 Å². The molecule has 2 aromatic heterocycles. The van der Waals surface area contributed by atoms with Crippen molar-refractivity contribution >= 4 is 22.2 Å². The highest BCUT2D eigenvalue weighted by Crippen LogP contribution is 2.19. The molecule has 0 atom stereocenters. The third-order valence-electron chi connectivity index (χ3n) is 1.85. The van der Waals surface area contributed by atoms with Gasteiger partial charge in [0.2, 0.25) is 0 Å². The lowest BCUT2D eigenvalue weighted by Crippen LogP contribution is -2.14. The van der Waals surface area contributed by atoms with Gasteiger partial charge in [0.15, 0.2) is 4.96 Å². The lowest BCUT2D eigenvalue weighted by molar-refractivity contribution is 0.0994. The van der Waals surface area contributed by atoms with E-state index >= 15 is 0 Å². The van der Waals surface area contributed by atoms with Gasteiger partial charge in [0, 0.05) is 11.1 Å². The van der Waals surface area contributed by atoms with Gasteiger partial charge in [-0.3, -0.25) is 9.20 Å². The Labute approximate surface area is 79.0 Å². The second kappa shape index (κ2) is 2.56. The zero-order chi connectivity index (χ0) is 9.59. The number of carbonyl (C=O) groups excluding carboxylic acids is 1. The number of aromatic nitrogens is 2. The highest BCUT2D eigenvalue weighted by molar-refractivity contribution is 7.17. The van der Waals surface area contributed by atoms with Crippen molar-refractivity contribution in [2.75, 3.05) is 0 Å². The molecule has 2 aromatic rings. The summed E-state index contributed by atoms with van der Waals surface area (Å²) in [5, 5.41) is 0. The van der Waals surface area contributed by atoms with Crippen LogP contribution in [0.3, 0.4) is 0 Å². The molecule has 0 saturated carbocycles. The number of hydrogen-bond donors (Lipinski definition) is 1. The molecule has 2 N–H and O–H groups in total. The van der Waals surface area contributed by atoms with Crippen LogP contribution in [0.1, 0.15) is 21.1 Å². The van der Waals surface area contributed by atoms with Crippen LogP contribution in [0, 0.1) is 13.8 Å². The zero-order valence-electron chi connectivity index (χ0n) is 7.37. The third kappa shape index (κ3) is 1.12. The van der Waals surface area contributed by atoms with E-state index in [4.69, 9.17) is 5.73 Å². The fourth-order valence-corrected chi connectivity index (χ4v) is 2.23. The summed E-state index contributed by atoms with van der Waals surface area (Å²) in [4.78, 5) is 17.2. The number of imidazole rings is 1. The summed E-state index contributed by atoms with van der Waals surface area (Å²) in [6.07, 6.45) is 1.88. The number of amides is 1. The summed E-state index contributed by atoms with van der Waals surface area (Å²) in [6, 6.07) is 0. The number of nitrogens with two attached hydrogens (primary N) is 1. The van der Waals surface area contributed by atoms with Crippen LogP contribution in [0.4, 0.5) is 0 Å². The monoisotopic (exact) mass is 195 g/mol. The lowest BCUT2D eigenvalue weighted by Gasteiger charge is -1.92. The summed E-state index contributed by atoms with van der Waals surface area (Å²) in [6.45, 7) is 3.76. The van der Waals surface area contributed by atoms with Crippen LogP contribution in [0.25, 0.3) is 4.96 Å². The standard InChI is InChI=1S/C8H9N3OS/c1-4-3-11-6(7(9)12)5(2)10-8(11)13-4/h3H,1-2H3,(H2,9,12). The number of carbonyl (C=O) groups is 1. The normalized spacial score (nSPS) is 10.9. The van der Waals surface area contributed by atoms with E-state index in [1.807, 2.05) is 13.1 Å². The Morgan fingerprint density at radius 3 is 2.92 bits per heavy atom. The number of fused-ring (bicyclic) bond motifs is 1. The van der Waals surface area contributed by atoms with Crippen molar-refractivity contribution in [3.8, 4) is 0 Å². The molecule has 0 unspecified atom stereocenters. The molecule has 0 aliphatic heterocycles. The lowest BCUT2D eigenvalue weighted by atomic mass is 10.3. The van der Waals surface area contributed by atoms with Gasteiger partial charge in [0.25, 0.3) is 5.91 Å². The Balaban J connectivity index is 2.83. The zero-order valence-corrected chi connectivity index (χ0v) is 8.18. The highest BCUT2D eigenvalue weighted by atomic mass is 32.1. The van der Waals surface area contributed by atoms with Crippen molar-refractivity contribution in [3.63, 3.8) is 0 Å². The summed E-state index contributed by atoms with van der Waals surface area (Å²) in [5.41, 5.74) is 6.42. The van der Waals surface area contributed by atoms with Crippen LogP contribution in [-0.4, -0.2) is 15.3 Å². The minimum atomic E-state index is -0.428. The summed E-state index contributed by atoms with van der Waals surface area (Å²) in [5.74, 6) is -0.428. The summed E-state index contributed by atoms with van der Waals surface area (Å²) >= 11 is 1.55. The van der Waals surface area contributed by atoms with E-state index in [0.717, 1.165) is 9.84 Å². The van der Waals surface area contributed by atoms with Crippen molar-refractivity contribution in [2.24, 2.45) is 5.73 Å². The molecule has 0 saturated heterocycles. The SMILES string of the molecule is Cc1cn2c(C(N)=O)c(C)nc2s1. The Hall–Kier alpha value is -1.36.